The number of aromatic nitrogens is 2. The van der Waals surface area contributed by atoms with Crippen LogP contribution in [0, 0.1) is 6.92 Å². The van der Waals surface area contributed by atoms with E-state index in [1.807, 2.05) is 47.4 Å². The Morgan fingerprint density at radius 2 is 1.76 bits per heavy atom. The van der Waals surface area contributed by atoms with Gasteiger partial charge in [0.25, 0.3) is 0 Å². The number of methoxy groups -OCH3 is 1. The van der Waals surface area contributed by atoms with Gasteiger partial charge in [-0.05, 0) is 73.7 Å². The summed E-state index contributed by atoms with van der Waals surface area (Å²) in [6.07, 6.45) is 2.87. The molecule has 1 saturated heterocycles. The van der Waals surface area contributed by atoms with Gasteiger partial charge in [-0.2, -0.15) is 0 Å². The van der Waals surface area contributed by atoms with Crippen molar-refractivity contribution < 1.29 is 13.2 Å². The van der Waals surface area contributed by atoms with Crippen LogP contribution in [0.15, 0.2) is 85.1 Å². The van der Waals surface area contributed by atoms with E-state index in [0.717, 1.165) is 29.0 Å². The largest absolute Gasteiger partial charge is 0.495 e. The van der Waals surface area contributed by atoms with Gasteiger partial charge in [0.2, 0.25) is 10.0 Å². The topological polar surface area (TPSA) is 88.5 Å². The van der Waals surface area contributed by atoms with Crippen molar-refractivity contribution in [2.24, 2.45) is 0 Å². The Bertz CT molecular complexity index is 1540. The van der Waals surface area contributed by atoms with Crippen LogP contribution in [0.5, 0.6) is 5.75 Å². The Labute approximate surface area is 222 Å². The number of hydrogen-bond acceptors (Lipinski definition) is 5. The number of nitrogens with zero attached hydrogens (tertiary/aromatic N) is 3. The molecule has 2 N–H and O–H groups in total. The summed E-state index contributed by atoms with van der Waals surface area (Å²) in [5.74, 6) is 0.411. The first-order valence-electron chi connectivity index (χ1n) is 11.7. The summed E-state index contributed by atoms with van der Waals surface area (Å²) in [6, 6.07) is 25.0. The monoisotopic (exact) mass is 533 g/mol. The number of anilines is 2. The predicted molar refractivity (Wildman–Crippen MR) is 150 cm³/mol. The van der Waals surface area contributed by atoms with Crippen molar-refractivity contribution in [1.29, 1.82) is 0 Å². The molecule has 4 aromatic rings. The maximum atomic E-state index is 12.1. The van der Waals surface area contributed by atoms with Crippen molar-refractivity contribution in [2.75, 3.05) is 23.0 Å². The molecule has 190 valence electrons. The number of hydrogen-bond donors (Lipinski definition) is 2. The third-order valence-corrected chi connectivity index (χ3v) is 7.18. The van der Waals surface area contributed by atoms with E-state index in [9.17, 15) is 8.42 Å². The molecule has 0 spiro atoms. The molecule has 2 aromatic carbocycles. The first-order chi connectivity index (χ1) is 17.8. The maximum absolute atomic E-state index is 12.1. The molecule has 0 saturated carbocycles. The molecule has 1 fully saturated rings. The lowest BCUT2D eigenvalue weighted by Crippen LogP contribution is -2.30. The fourth-order valence-electron chi connectivity index (χ4n) is 4.78. The Morgan fingerprint density at radius 3 is 2.43 bits per heavy atom. The van der Waals surface area contributed by atoms with Gasteiger partial charge in [-0.15, -0.1) is 0 Å². The van der Waals surface area contributed by atoms with Gasteiger partial charge in [-0.1, -0.05) is 24.3 Å². The molecule has 0 radical (unpaired) electrons. The number of para-hydroxylation sites is 1. The second-order valence-electron chi connectivity index (χ2n) is 8.83. The molecule has 10 heteroatoms. The lowest BCUT2D eigenvalue weighted by Gasteiger charge is -2.30. The zero-order valence-corrected chi connectivity index (χ0v) is 22.3. The minimum atomic E-state index is -3.53. The minimum absolute atomic E-state index is 0.251. The van der Waals surface area contributed by atoms with Gasteiger partial charge in [0.15, 0.2) is 5.11 Å². The molecule has 37 heavy (non-hydrogen) atoms. The highest BCUT2D eigenvalue weighted by atomic mass is 32.2. The van der Waals surface area contributed by atoms with Gasteiger partial charge in [0.1, 0.15) is 11.8 Å². The second kappa shape index (κ2) is 9.87. The first kappa shape index (κ1) is 24.8. The number of thiocarbonyl (C=S) groups is 1. The minimum Gasteiger partial charge on any atom is -0.495 e. The fourth-order valence-corrected chi connectivity index (χ4v) is 5.68. The summed E-state index contributed by atoms with van der Waals surface area (Å²) in [4.78, 5) is 6.64. The van der Waals surface area contributed by atoms with Crippen LogP contribution in [0.2, 0.25) is 0 Å². The Morgan fingerprint density at radius 1 is 1.00 bits per heavy atom. The number of ether oxygens (including phenoxy) is 1. The van der Waals surface area contributed by atoms with E-state index in [1.165, 1.54) is 7.11 Å². The summed E-state index contributed by atoms with van der Waals surface area (Å²) in [6.45, 7) is 2.07. The van der Waals surface area contributed by atoms with Crippen molar-refractivity contribution in [3.05, 3.63) is 102 Å². The lowest BCUT2D eigenvalue weighted by molar-refractivity contribution is 0.417. The molecule has 0 amide bonds. The van der Waals surface area contributed by atoms with E-state index in [4.69, 9.17) is 17.0 Å². The average Bonchev–Trinajstić information content (AvgIpc) is 3.43. The average molecular weight is 534 g/mol. The SMILES string of the molecule is COc1ccc(N2C(=S)N[C@H](c3ccccn3)[C@@H]2c2ccc(C)n2-c2ccccc2)cc1NS(C)(=O)=O. The molecule has 3 heterocycles. The van der Waals surface area contributed by atoms with Gasteiger partial charge in [-0.25, -0.2) is 8.42 Å². The van der Waals surface area contributed by atoms with Crippen LogP contribution >= 0.6 is 12.2 Å². The summed E-state index contributed by atoms with van der Waals surface area (Å²) in [5, 5.41) is 3.97. The predicted octanol–water partition coefficient (Wildman–Crippen LogP) is 4.74. The van der Waals surface area contributed by atoms with Gasteiger partial charge in [-0.3, -0.25) is 9.71 Å². The van der Waals surface area contributed by atoms with Crippen LogP contribution in [-0.4, -0.2) is 36.4 Å². The zero-order valence-electron chi connectivity index (χ0n) is 20.6. The van der Waals surface area contributed by atoms with Crippen molar-refractivity contribution in [3.8, 4) is 11.4 Å². The number of rotatable bonds is 7. The molecule has 0 aliphatic carbocycles. The quantitative estimate of drug-likeness (QED) is 0.332. The molecule has 8 nitrogen and oxygen atoms in total. The third kappa shape index (κ3) is 4.90. The highest BCUT2D eigenvalue weighted by Crippen LogP contribution is 2.44. The summed E-state index contributed by atoms with van der Waals surface area (Å²) >= 11 is 5.87. The van der Waals surface area contributed by atoms with Crippen LogP contribution in [-0.2, 0) is 10.0 Å². The van der Waals surface area contributed by atoms with Crippen molar-refractivity contribution in [2.45, 2.75) is 19.0 Å². The van der Waals surface area contributed by atoms with E-state index in [2.05, 4.69) is 50.8 Å². The molecular formula is C27H27N5O3S2. The third-order valence-electron chi connectivity index (χ3n) is 6.28. The van der Waals surface area contributed by atoms with Crippen LogP contribution in [0.4, 0.5) is 11.4 Å². The summed E-state index contributed by atoms with van der Waals surface area (Å²) in [5.41, 5.74) is 5.02. The highest BCUT2D eigenvalue weighted by molar-refractivity contribution is 7.92. The Kier molecular flexibility index (Phi) is 6.61. The number of benzene rings is 2. The Hall–Kier alpha value is -3.89. The first-order valence-corrected chi connectivity index (χ1v) is 14.0. The van der Waals surface area contributed by atoms with Gasteiger partial charge >= 0.3 is 0 Å². The van der Waals surface area contributed by atoms with E-state index >= 15 is 0 Å². The molecule has 2 atom stereocenters. The number of aryl methyl sites for hydroxylation is 1. The van der Waals surface area contributed by atoms with Crippen LogP contribution in [0.1, 0.15) is 29.2 Å². The lowest BCUT2D eigenvalue weighted by atomic mass is 10.0. The molecule has 0 unspecified atom stereocenters. The summed E-state index contributed by atoms with van der Waals surface area (Å²) in [7, 11) is -2.03. The zero-order chi connectivity index (χ0) is 26.2. The van der Waals surface area contributed by atoms with E-state index in [1.54, 1.807) is 18.3 Å². The fraction of sp³-hybridized carbons (Fsp3) is 0.185. The molecular weight excluding hydrogens is 506 g/mol. The molecule has 2 aromatic heterocycles. The summed E-state index contributed by atoms with van der Waals surface area (Å²) < 4.78 is 34.3. The highest BCUT2D eigenvalue weighted by Gasteiger charge is 2.42. The van der Waals surface area contributed by atoms with Gasteiger partial charge in [0, 0.05) is 29.0 Å². The van der Waals surface area contributed by atoms with Crippen LogP contribution < -0.4 is 19.7 Å². The van der Waals surface area contributed by atoms with Crippen molar-refractivity contribution in [3.63, 3.8) is 0 Å². The van der Waals surface area contributed by atoms with Crippen LogP contribution in [0.3, 0.4) is 0 Å². The van der Waals surface area contributed by atoms with Crippen LogP contribution in [0.25, 0.3) is 5.69 Å². The molecule has 1 aliphatic heterocycles. The molecule has 5 rings (SSSR count). The van der Waals surface area contributed by atoms with E-state index in [0.29, 0.717) is 22.2 Å². The van der Waals surface area contributed by atoms with Gasteiger partial charge in [0.05, 0.1) is 30.8 Å². The molecule has 1 aliphatic rings. The smallest absolute Gasteiger partial charge is 0.229 e. The van der Waals surface area contributed by atoms with E-state index < -0.39 is 10.0 Å². The van der Waals surface area contributed by atoms with E-state index in [-0.39, 0.29) is 12.1 Å². The number of pyridine rings is 1. The standard InChI is InChI=1S/C27H27N5O3S2/c1-18-12-14-23(31(18)19-9-5-4-6-10-19)26-25(21-11-7-8-16-28-21)29-27(36)32(26)20-13-15-24(35-2)22(17-20)30-37(3,33)34/h4-17,25-26,30H,1-3H3,(H,29,36)/t25-,26+/m1/s1. The van der Waals surface area contributed by atoms with Gasteiger partial charge < -0.3 is 19.5 Å². The normalized spacial score (nSPS) is 17.5. The second-order valence-corrected chi connectivity index (χ2v) is 11.0. The van der Waals surface area contributed by atoms with Crippen molar-refractivity contribution >= 4 is 38.7 Å². The van der Waals surface area contributed by atoms with Crippen molar-refractivity contribution in [1.82, 2.24) is 14.9 Å². The molecule has 0 bridgehead atoms. The number of nitrogens with one attached hydrogen (secondary N) is 2. The number of sulfonamides is 1. The Balaban J connectivity index is 1.69. The maximum Gasteiger partial charge on any atom is 0.229 e.